The lowest BCUT2D eigenvalue weighted by atomic mass is 10.0. The Bertz CT molecular complexity index is 390. The molecule has 16 heavy (non-hydrogen) atoms. The first-order valence-corrected chi connectivity index (χ1v) is 5.76. The van der Waals surface area contributed by atoms with Crippen molar-refractivity contribution in [1.82, 2.24) is 4.90 Å². The maximum Gasteiger partial charge on any atom is 0.310 e. The lowest BCUT2D eigenvalue weighted by Gasteiger charge is -2.16. The number of likely N-dealkylation sites (tertiary alicyclic amines) is 1. The summed E-state index contributed by atoms with van der Waals surface area (Å²) in [5.74, 6) is 0.556. The van der Waals surface area contributed by atoms with Gasteiger partial charge in [0.1, 0.15) is 0 Å². The number of cyclic esters (lactones) is 1. The van der Waals surface area contributed by atoms with Crippen LogP contribution in [0.3, 0.4) is 0 Å². The average Bonchev–Trinajstić information content (AvgIpc) is 2.83. The Balaban J connectivity index is 1.65. The summed E-state index contributed by atoms with van der Waals surface area (Å²) in [5.41, 5.74) is 1.32. The zero-order valence-corrected chi connectivity index (χ0v) is 9.13. The second-order valence-corrected chi connectivity index (χ2v) is 4.68. The molecule has 0 amide bonds. The van der Waals surface area contributed by atoms with Gasteiger partial charge in [0.2, 0.25) is 0 Å². The molecule has 84 valence electrons. The molecule has 0 aromatic heterocycles. The molecule has 0 saturated carbocycles. The Morgan fingerprint density at radius 1 is 1.25 bits per heavy atom. The van der Waals surface area contributed by atoms with Gasteiger partial charge in [-0.1, -0.05) is 30.3 Å². The summed E-state index contributed by atoms with van der Waals surface area (Å²) in [6.45, 7) is 3.42. The summed E-state index contributed by atoms with van der Waals surface area (Å²) < 4.78 is 5.05. The minimum Gasteiger partial charge on any atom is -0.465 e. The van der Waals surface area contributed by atoms with E-state index in [1.54, 1.807) is 0 Å². The van der Waals surface area contributed by atoms with Crippen molar-refractivity contribution < 1.29 is 9.53 Å². The topological polar surface area (TPSA) is 29.5 Å². The molecule has 2 aliphatic rings. The van der Waals surface area contributed by atoms with E-state index in [9.17, 15) is 4.79 Å². The first kappa shape index (κ1) is 9.85. The van der Waals surface area contributed by atoms with Gasteiger partial charge in [0, 0.05) is 25.6 Å². The van der Waals surface area contributed by atoms with E-state index in [2.05, 4.69) is 29.2 Å². The quantitative estimate of drug-likeness (QED) is 0.699. The zero-order valence-electron chi connectivity index (χ0n) is 9.13. The molecule has 0 radical (unpaired) electrons. The van der Waals surface area contributed by atoms with Gasteiger partial charge in [-0.2, -0.15) is 0 Å². The summed E-state index contributed by atoms with van der Waals surface area (Å²) >= 11 is 0. The fraction of sp³-hybridized carbons (Fsp3) is 0.462. The smallest absolute Gasteiger partial charge is 0.310 e. The van der Waals surface area contributed by atoms with Crippen LogP contribution in [-0.2, 0) is 16.1 Å². The molecule has 3 nitrogen and oxygen atoms in total. The number of nitrogens with zero attached hydrogens (tertiary/aromatic N) is 1. The third kappa shape index (κ3) is 1.71. The van der Waals surface area contributed by atoms with E-state index < -0.39 is 0 Å². The Labute approximate surface area is 95.0 Å². The molecule has 3 heteroatoms. The van der Waals surface area contributed by atoms with Crippen LogP contribution < -0.4 is 0 Å². The molecule has 2 heterocycles. The third-order valence-corrected chi connectivity index (χ3v) is 3.51. The number of fused-ring (bicyclic) bond motifs is 1. The largest absolute Gasteiger partial charge is 0.465 e. The van der Waals surface area contributed by atoms with E-state index in [4.69, 9.17) is 4.74 Å². The van der Waals surface area contributed by atoms with Gasteiger partial charge < -0.3 is 4.74 Å². The molecule has 0 aliphatic carbocycles. The molecule has 1 aromatic carbocycles. The predicted molar refractivity (Wildman–Crippen MR) is 59.7 cm³/mol. The molecule has 0 unspecified atom stereocenters. The highest BCUT2D eigenvalue weighted by atomic mass is 16.5. The van der Waals surface area contributed by atoms with Gasteiger partial charge in [0.25, 0.3) is 0 Å². The number of carbonyl (C=O) groups excluding carboxylic acids is 1. The number of benzene rings is 1. The van der Waals surface area contributed by atoms with Gasteiger partial charge in [-0.05, 0) is 5.56 Å². The highest BCUT2D eigenvalue weighted by Crippen LogP contribution is 2.30. The van der Waals surface area contributed by atoms with E-state index in [1.165, 1.54) is 5.56 Å². The Kier molecular flexibility index (Phi) is 2.40. The van der Waals surface area contributed by atoms with E-state index in [0.717, 1.165) is 19.6 Å². The molecule has 2 fully saturated rings. The van der Waals surface area contributed by atoms with Gasteiger partial charge in [-0.15, -0.1) is 0 Å². The molecule has 2 saturated heterocycles. The molecular formula is C13H15NO2. The number of ether oxygens (including phenoxy) is 1. The lowest BCUT2D eigenvalue weighted by molar-refractivity contribution is -0.141. The first-order valence-electron chi connectivity index (χ1n) is 5.76. The number of esters is 1. The minimum atomic E-state index is 0.000520. The predicted octanol–water partition coefficient (Wildman–Crippen LogP) is 1.29. The van der Waals surface area contributed by atoms with Crippen molar-refractivity contribution in [2.75, 3.05) is 19.7 Å². The van der Waals surface area contributed by atoms with Crippen LogP contribution in [0.15, 0.2) is 30.3 Å². The van der Waals surface area contributed by atoms with Gasteiger partial charge >= 0.3 is 5.97 Å². The van der Waals surface area contributed by atoms with Crippen LogP contribution in [0.4, 0.5) is 0 Å². The second-order valence-electron chi connectivity index (χ2n) is 4.68. The van der Waals surface area contributed by atoms with Crippen molar-refractivity contribution >= 4 is 5.97 Å². The monoisotopic (exact) mass is 217 g/mol. The standard InChI is InChI=1S/C13H15NO2/c15-13-12-8-14(7-11(12)9-16-13)6-10-4-2-1-3-5-10/h1-5,11-12H,6-9H2/t11-,12-/m0/s1. The Hall–Kier alpha value is -1.35. The lowest BCUT2D eigenvalue weighted by Crippen LogP contribution is -2.23. The highest BCUT2D eigenvalue weighted by molar-refractivity contribution is 5.75. The third-order valence-electron chi connectivity index (χ3n) is 3.51. The number of carbonyl (C=O) groups is 1. The van der Waals surface area contributed by atoms with Crippen molar-refractivity contribution in [2.24, 2.45) is 11.8 Å². The molecule has 1 aromatic rings. The van der Waals surface area contributed by atoms with Gasteiger partial charge in [0.05, 0.1) is 12.5 Å². The Morgan fingerprint density at radius 3 is 2.81 bits per heavy atom. The summed E-state index contributed by atoms with van der Waals surface area (Å²) in [6, 6.07) is 10.4. The second kappa shape index (κ2) is 3.91. The van der Waals surface area contributed by atoms with Crippen LogP contribution in [0.1, 0.15) is 5.56 Å². The maximum atomic E-state index is 11.4. The van der Waals surface area contributed by atoms with Crippen molar-refractivity contribution in [2.45, 2.75) is 6.54 Å². The van der Waals surface area contributed by atoms with Crippen molar-refractivity contribution in [1.29, 1.82) is 0 Å². The molecule has 2 aliphatic heterocycles. The Morgan fingerprint density at radius 2 is 2.06 bits per heavy atom. The molecule has 0 bridgehead atoms. The number of rotatable bonds is 2. The van der Waals surface area contributed by atoms with Crippen LogP contribution in [0.2, 0.25) is 0 Å². The molecule has 0 spiro atoms. The van der Waals surface area contributed by atoms with Crippen molar-refractivity contribution in [3.63, 3.8) is 0 Å². The van der Waals surface area contributed by atoms with E-state index >= 15 is 0 Å². The van der Waals surface area contributed by atoms with E-state index in [-0.39, 0.29) is 11.9 Å². The fourth-order valence-corrected chi connectivity index (χ4v) is 2.66. The average molecular weight is 217 g/mol. The van der Waals surface area contributed by atoms with Crippen LogP contribution in [0, 0.1) is 11.8 Å². The van der Waals surface area contributed by atoms with Gasteiger partial charge in [-0.25, -0.2) is 0 Å². The molecule has 2 atom stereocenters. The van der Waals surface area contributed by atoms with E-state index in [0.29, 0.717) is 12.5 Å². The van der Waals surface area contributed by atoms with Crippen molar-refractivity contribution in [3.8, 4) is 0 Å². The molecule has 3 rings (SSSR count). The maximum absolute atomic E-state index is 11.4. The molecule has 0 N–H and O–H groups in total. The summed E-state index contributed by atoms with van der Waals surface area (Å²) in [6.07, 6.45) is 0. The molecular weight excluding hydrogens is 202 g/mol. The fourth-order valence-electron chi connectivity index (χ4n) is 2.66. The summed E-state index contributed by atoms with van der Waals surface area (Å²) in [7, 11) is 0. The SMILES string of the molecule is O=C1OC[C@@H]2CN(Cc3ccccc3)C[C@H]12. The minimum absolute atomic E-state index is 0.000520. The first-order chi connectivity index (χ1) is 7.83. The van der Waals surface area contributed by atoms with Gasteiger partial charge in [-0.3, -0.25) is 9.69 Å². The zero-order chi connectivity index (χ0) is 11.0. The van der Waals surface area contributed by atoms with Crippen molar-refractivity contribution in [3.05, 3.63) is 35.9 Å². The van der Waals surface area contributed by atoms with Crippen LogP contribution in [0.25, 0.3) is 0 Å². The van der Waals surface area contributed by atoms with Gasteiger partial charge in [0.15, 0.2) is 0 Å². The normalized spacial score (nSPS) is 29.1. The number of hydrogen-bond donors (Lipinski definition) is 0. The van der Waals surface area contributed by atoms with E-state index in [1.807, 2.05) is 6.07 Å². The highest BCUT2D eigenvalue weighted by Gasteiger charge is 2.43. The summed E-state index contributed by atoms with van der Waals surface area (Å²) in [4.78, 5) is 13.8. The van der Waals surface area contributed by atoms with Crippen LogP contribution >= 0.6 is 0 Å². The van der Waals surface area contributed by atoms with Crippen LogP contribution in [0.5, 0.6) is 0 Å². The van der Waals surface area contributed by atoms with Crippen LogP contribution in [-0.4, -0.2) is 30.6 Å². The summed E-state index contributed by atoms with van der Waals surface area (Å²) in [5, 5.41) is 0. The number of hydrogen-bond acceptors (Lipinski definition) is 3.